The SMILES string of the molecule is CC[C@@H](C)[C@@H](NC(=O)COC(=O)/C=C/c1ccc(C)c(Cl)c1)C(=O)OC. The number of rotatable bonds is 8. The standard InChI is InChI=1S/C19H24ClNO5/c1-5-12(2)18(19(24)25-4)21-16(22)11-26-17(23)9-8-14-7-6-13(3)15(20)10-14/h6-10,12,18H,5,11H2,1-4H3,(H,21,22)/b9-8+/t12-,18-/m1/s1. The third kappa shape index (κ3) is 6.88. The first-order chi connectivity index (χ1) is 12.3. The van der Waals surface area contributed by atoms with Crippen molar-refractivity contribution < 1.29 is 23.9 Å². The number of carbonyl (C=O) groups is 3. The Morgan fingerprint density at radius 2 is 2.00 bits per heavy atom. The summed E-state index contributed by atoms with van der Waals surface area (Å²) in [6.07, 6.45) is 3.43. The highest BCUT2D eigenvalue weighted by molar-refractivity contribution is 6.31. The van der Waals surface area contributed by atoms with Crippen molar-refractivity contribution in [1.82, 2.24) is 5.32 Å². The summed E-state index contributed by atoms with van der Waals surface area (Å²) in [5, 5.41) is 3.13. The number of nitrogens with one attached hydrogen (secondary N) is 1. The molecular formula is C19H24ClNO5. The summed E-state index contributed by atoms with van der Waals surface area (Å²) >= 11 is 6.01. The van der Waals surface area contributed by atoms with Gasteiger partial charge in [0.05, 0.1) is 7.11 Å². The van der Waals surface area contributed by atoms with Gasteiger partial charge in [-0.3, -0.25) is 4.79 Å². The van der Waals surface area contributed by atoms with E-state index in [0.29, 0.717) is 11.4 Å². The van der Waals surface area contributed by atoms with Gasteiger partial charge < -0.3 is 14.8 Å². The van der Waals surface area contributed by atoms with Crippen LogP contribution in [0.1, 0.15) is 31.4 Å². The first kappa shape index (κ1) is 21.7. The van der Waals surface area contributed by atoms with Crippen LogP contribution in [0.5, 0.6) is 0 Å². The van der Waals surface area contributed by atoms with Crippen LogP contribution in [0.4, 0.5) is 0 Å². The van der Waals surface area contributed by atoms with Crippen LogP contribution in [0, 0.1) is 12.8 Å². The molecule has 1 N–H and O–H groups in total. The van der Waals surface area contributed by atoms with E-state index in [0.717, 1.165) is 11.1 Å². The van der Waals surface area contributed by atoms with Crippen molar-refractivity contribution in [3.63, 3.8) is 0 Å². The summed E-state index contributed by atoms with van der Waals surface area (Å²) in [6, 6.07) is 4.59. The first-order valence-corrected chi connectivity index (χ1v) is 8.64. The zero-order valence-electron chi connectivity index (χ0n) is 15.4. The smallest absolute Gasteiger partial charge is 0.331 e. The number of benzene rings is 1. The molecule has 1 aromatic rings. The number of amides is 1. The molecule has 0 saturated heterocycles. The number of hydrogen-bond donors (Lipinski definition) is 1. The molecule has 0 fully saturated rings. The van der Waals surface area contributed by atoms with Gasteiger partial charge >= 0.3 is 11.9 Å². The lowest BCUT2D eigenvalue weighted by molar-refractivity contribution is -0.148. The van der Waals surface area contributed by atoms with E-state index in [2.05, 4.69) is 10.1 Å². The van der Waals surface area contributed by atoms with Gasteiger partial charge in [0.15, 0.2) is 6.61 Å². The van der Waals surface area contributed by atoms with Crippen LogP contribution < -0.4 is 5.32 Å². The third-order valence-corrected chi connectivity index (χ3v) is 4.35. The molecule has 1 aromatic carbocycles. The zero-order valence-corrected chi connectivity index (χ0v) is 16.1. The van der Waals surface area contributed by atoms with Crippen LogP contribution in [-0.4, -0.2) is 37.6 Å². The van der Waals surface area contributed by atoms with Crippen molar-refractivity contribution in [2.45, 2.75) is 33.2 Å². The molecule has 0 spiro atoms. The predicted octanol–water partition coefficient (Wildman–Crippen LogP) is 2.91. The molecule has 0 aliphatic rings. The van der Waals surface area contributed by atoms with Crippen molar-refractivity contribution >= 4 is 35.5 Å². The van der Waals surface area contributed by atoms with E-state index in [1.807, 2.05) is 32.9 Å². The molecule has 7 heteroatoms. The van der Waals surface area contributed by atoms with Crippen LogP contribution in [0.2, 0.25) is 5.02 Å². The van der Waals surface area contributed by atoms with Crippen molar-refractivity contribution in [2.75, 3.05) is 13.7 Å². The minimum atomic E-state index is -0.776. The van der Waals surface area contributed by atoms with Gasteiger partial charge in [0.1, 0.15) is 6.04 Å². The molecule has 1 amide bonds. The molecule has 26 heavy (non-hydrogen) atoms. The van der Waals surface area contributed by atoms with Crippen molar-refractivity contribution in [3.8, 4) is 0 Å². The highest BCUT2D eigenvalue weighted by atomic mass is 35.5. The molecule has 0 heterocycles. The van der Waals surface area contributed by atoms with Crippen LogP contribution in [-0.2, 0) is 23.9 Å². The van der Waals surface area contributed by atoms with Gasteiger partial charge in [0.25, 0.3) is 5.91 Å². The van der Waals surface area contributed by atoms with E-state index >= 15 is 0 Å². The maximum Gasteiger partial charge on any atom is 0.331 e. The van der Waals surface area contributed by atoms with Gasteiger partial charge in [-0.15, -0.1) is 0 Å². The number of ether oxygens (including phenoxy) is 2. The van der Waals surface area contributed by atoms with E-state index in [4.69, 9.17) is 16.3 Å². The molecule has 0 bridgehead atoms. The molecule has 0 aliphatic carbocycles. The molecule has 2 atom stereocenters. The average Bonchev–Trinajstić information content (AvgIpc) is 2.64. The number of esters is 2. The van der Waals surface area contributed by atoms with Crippen LogP contribution in [0.3, 0.4) is 0 Å². The fourth-order valence-electron chi connectivity index (χ4n) is 2.07. The lowest BCUT2D eigenvalue weighted by atomic mass is 9.99. The van der Waals surface area contributed by atoms with Gasteiger partial charge in [-0.25, -0.2) is 9.59 Å². The molecule has 0 saturated carbocycles. The van der Waals surface area contributed by atoms with Gasteiger partial charge in [-0.2, -0.15) is 0 Å². The van der Waals surface area contributed by atoms with E-state index in [1.54, 1.807) is 12.1 Å². The number of hydrogen-bond acceptors (Lipinski definition) is 5. The summed E-state index contributed by atoms with van der Waals surface area (Å²) in [5.41, 5.74) is 1.68. The number of halogens is 1. The minimum absolute atomic E-state index is 0.103. The molecule has 1 rings (SSSR count). The third-order valence-electron chi connectivity index (χ3n) is 3.94. The van der Waals surface area contributed by atoms with Gasteiger partial charge in [0.2, 0.25) is 0 Å². The Balaban J connectivity index is 2.54. The Hall–Kier alpha value is -2.34. The number of carbonyl (C=O) groups excluding carboxylic acids is 3. The molecule has 142 valence electrons. The Labute approximate surface area is 158 Å². The highest BCUT2D eigenvalue weighted by Crippen LogP contribution is 2.17. The fraction of sp³-hybridized carbons (Fsp3) is 0.421. The maximum atomic E-state index is 11.9. The monoisotopic (exact) mass is 381 g/mol. The molecule has 0 radical (unpaired) electrons. The second-order valence-corrected chi connectivity index (χ2v) is 6.31. The maximum absolute atomic E-state index is 11.9. The second kappa shape index (κ2) is 10.6. The van der Waals surface area contributed by atoms with E-state index in [9.17, 15) is 14.4 Å². The minimum Gasteiger partial charge on any atom is -0.467 e. The molecule has 0 aromatic heterocycles. The first-order valence-electron chi connectivity index (χ1n) is 8.26. The van der Waals surface area contributed by atoms with Gasteiger partial charge in [-0.1, -0.05) is 44.0 Å². The summed E-state index contributed by atoms with van der Waals surface area (Å²) in [5.74, 6) is -1.88. The van der Waals surface area contributed by atoms with Crippen LogP contribution >= 0.6 is 11.6 Å². The summed E-state index contributed by atoms with van der Waals surface area (Å²) in [7, 11) is 1.26. The van der Waals surface area contributed by atoms with Gasteiger partial charge in [-0.05, 0) is 36.1 Å². The summed E-state index contributed by atoms with van der Waals surface area (Å²) in [4.78, 5) is 35.4. The Kier molecular flexibility index (Phi) is 8.85. The van der Waals surface area contributed by atoms with E-state index in [-0.39, 0.29) is 5.92 Å². The average molecular weight is 382 g/mol. The molecule has 6 nitrogen and oxygen atoms in total. The van der Waals surface area contributed by atoms with Crippen molar-refractivity contribution in [1.29, 1.82) is 0 Å². The van der Waals surface area contributed by atoms with E-state index in [1.165, 1.54) is 13.2 Å². The largest absolute Gasteiger partial charge is 0.467 e. The number of methoxy groups -OCH3 is 1. The summed E-state index contributed by atoms with van der Waals surface area (Å²) in [6.45, 7) is 5.11. The summed E-state index contributed by atoms with van der Waals surface area (Å²) < 4.78 is 9.57. The van der Waals surface area contributed by atoms with Crippen LogP contribution in [0.15, 0.2) is 24.3 Å². The molecular weight excluding hydrogens is 358 g/mol. The second-order valence-electron chi connectivity index (χ2n) is 5.90. The Morgan fingerprint density at radius 1 is 1.31 bits per heavy atom. The highest BCUT2D eigenvalue weighted by Gasteiger charge is 2.26. The van der Waals surface area contributed by atoms with Gasteiger partial charge in [0, 0.05) is 11.1 Å². The van der Waals surface area contributed by atoms with Crippen molar-refractivity contribution in [3.05, 3.63) is 40.4 Å². The predicted molar refractivity (Wildman–Crippen MR) is 99.6 cm³/mol. The Bertz CT molecular complexity index is 687. The normalized spacial score (nSPS) is 13.1. The molecule has 0 unspecified atom stereocenters. The van der Waals surface area contributed by atoms with Crippen LogP contribution in [0.25, 0.3) is 6.08 Å². The lowest BCUT2D eigenvalue weighted by Crippen LogP contribution is -2.47. The number of aryl methyl sites for hydroxylation is 1. The topological polar surface area (TPSA) is 81.7 Å². The quantitative estimate of drug-likeness (QED) is 0.553. The van der Waals surface area contributed by atoms with E-state index < -0.39 is 30.5 Å². The molecule has 0 aliphatic heterocycles. The zero-order chi connectivity index (χ0) is 19.7. The Morgan fingerprint density at radius 3 is 2.58 bits per heavy atom. The fourth-order valence-corrected chi connectivity index (χ4v) is 2.26. The van der Waals surface area contributed by atoms with Crippen molar-refractivity contribution in [2.24, 2.45) is 5.92 Å². The lowest BCUT2D eigenvalue weighted by Gasteiger charge is -2.21.